The number of hydrogen-bond acceptors (Lipinski definition) is 1. The van der Waals surface area contributed by atoms with Gasteiger partial charge in [-0.3, -0.25) is 0 Å². The highest BCUT2D eigenvalue weighted by molar-refractivity contribution is 5.85. The Morgan fingerprint density at radius 2 is 1.68 bits per heavy atom. The molecule has 0 bridgehead atoms. The van der Waals surface area contributed by atoms with E-state index in [4.69, 9.17) is 4.74 Å². The van der Waals surface area contributed by atoms with Crippen LogP contribution in [0.1, 0.15) is 95.5 Å². The summed E-state index contributed by atoms with van der Waals surface area (Å²) < 4.78 is 33.6. The molecule has 0 saturated heterocycles. The van der Waals surface area contributed by atoms with E-state index >= 15 is 0 Å². The molecule has 4 rings (SSSR count). The number of ether oxygens (including phenoxy) is 1. The van der Waals surface area contributed by atoms with Crippen LogP contribution in [0.25, 0.3) is 10.8 Å². The molecule has 2 aromatic rings. The number of unbranched alkanes of at least 4 members (excludes halogenated alkanes) is 4. The Hall–Kier alpha value is -1.64. The molecule has 0 N–H and O–H groups in total. The van der Waals surface area contributed by atoms with Crippen molar-refractivity contribution in [2.75, 3.05) is 7.11 Å². The number of halogens is 2. The second-order valence-corrected chi connectivity index (χ2v) is 10.1. The summed E-state index contributed by atoms with van der Waals surface area (Å²) in [4.78, 5) is 0. The third-order valence-corrected chi connectivity index (χ3v) is 8.12. The summed E-state index contributed by atoms with van der Waals surface area (Å²) in [6, 6.07) is 7.28. The molecule has 0 radical (unpaired) electrons. The molecule has 31 heavy (non-hydrogen) atoms. The molecule has 2 aliphatic rings. The van der Waals surface area contributed by atoms with Crippen molar-refractivity contribution in [2.24, 2.45) is 17.8 Å². The zero-order chi connectivity index (χ0) is 21.8. The van der Waals surface area contributed by atoms with Crippen LogP contribution < -0.4 is 4.74 Å². The van der Waals surface area contributed by atoms with Gasteiger partial charge in [0.15, 0.2) is 17.4 Å². The van der Waals surface area contributed by atoms with Gasteiger partial charge in [0.2, 0.25) is 0 Å². The molecule has 0 heterocycles. The van der Waals surface area contributed by atoms with E-state index in [0.717, 1.165) is 17.8 Å². The summed E-state index contributed by atoms with van der Waals surface area (Å²) in [6.45, 7) is 2.28. The Morgan fingerprint density at radius 1 is 0.903 bits per heavy atom. The number of fused-ring (bicyclic) bond motifs is 2. The van der Waals surface area contributed by atoms with Crippen LogP contribution in [0.2, 0.25) is 0 Å². The fourth-order valence-corrected chi connectivity index (χ4v) is 6.36. The third-order valence-electron chi connectivity index (χ3n) is 8.12. The van der Waals surface area contributed by atoms with Crippen LogP contribution in [0.3, 0.4) is 0 Å². The maximum atomic E-state index is 14.5. The molecule has 4 atom stereocenters. The number of hydrogen-bond donors (Lipinski definition) is 0. The first-order valence-corrected chi connectivity index (χ1v) is 12.6. The Morgan fingerprint density at radius 3 is 2.48 bits per heavy atom. The van der Waals surface area contributed by atoms with E-state index in [-0.39, 0.29) is 5.75 Å². The predicted molar refractivity (Wildman–Crippen MR) is 125 cm³/mol. The van der Waals surface area contributed by atoms with Crippen molar-refractivity contribution < 1.29 is 13.5 Å². The van der Waals surface area contributed by atoms with Gasteiger partial charge in [-0.2, -0.15) is 0 Å². The summed E-state index contributed by atoms with van der Waals surface area (Å²) >= 11 is 0. The van der Waals surface area contributed by atoms with Gasteiger partial charge >= 0.3 is 0 Å². The Kier molecular flexibility index (Phi) is 7.51. The minimum atomic E-state index is -0.624. The van der Waals surface area contributed by atoms with Crippen LogP contribution in [-0.4, -0.2) is 7.11 Å². The minimum absolute atomic E-state index is 0.289. The molecule has 0 spiro atoms. The van der Waals surface area contributed by atoms with E-state index < -0.39 is 11.6 Å². The smallest absolute Gasteiger partial charge is 0.191 e. The first-order valence-electron chi connectivity index (χ1n) is 12.6. The lowest BCUT2D eigenvalue weighted by Crippen LogP contribution is -2.30. The zero-order valence-electron chi connectivity index (χ0n) is 19.3. The first kappa shape index (κ1) is 22.6. The topological polar surface area (TPSA) is 9.23 Å². The van der Waals surface area contributed by atoms with Crippen LogP contribution in [0.15, 0.2) is 24.3 Å². The molecule has 1 nitrogen and oxygen atoms in total. The van der Waals surface area contributed by atoms with Gasteiger partial charge in [-0.1, -0.05) is 70.1 Å². The van der Waals surface area contributed by atoms with Gasteiger partial charge in [0.1, 0.15) is 0 Å². The van der Waals surface area contributed by atoms with Gasteiger partial charge in [0.05, 0.1) is 7.11 Å². The Labute approximate surface area is 186 Å². The zero-order valence-corrected chi connectivity index (χ0v) is 19.3. The van der Waals surface area contributed by atoms with Crippen molar-refractivity contribution in [1.82, 2.24) is 0 Å². The maximum Gasteiger partial charge on any atom is 0.191 e. The lowest BCUT2D eigenvalue weighted by atomic mass is 9.63. The monoisotopic (exact) mass is 428 g/mol. The lowest BCUT2D eigenvalue weighted by molar-refractivity contribution is 0.113. The molecule has 2 unspecified atom stereocenters. The molecule has 2 saturated carbocycles. The normalized spacial score (nSPS) is 26.1. The van der Waals surface area contributed by atoms with Gasteiger partial charge < -0.3 is 4.74 Å². The SMILES string of the molecule is CCCCCCCC1CCC2C[C@H](c3ccc4c(F)c(OC)c(F)cc4c3)CC[C@@H]2C1. The highest BCUT2D eigenvalue weighted by Crippen LogP contribution is 2.48. The van der Waals surface area contributed by atoms with Crippen LogP contribution in [0.5, 0.6) is 5.75 Å². The quantitative estimate of drug-likeness (QED) is 0.382. The van der Waals surface area contributed by atoms with E-state index in [1.165, 1.54) is 95.8 Å². The van der Waals surface area contributed by atoms with E-state index in [0.29, 0.717) is 16.7 Å². The van der Waals surface area contributed by atoms with Crippen molar-refractivity contribution in [2.45, 2.75) is 89.9 Å². The predicted octanol–water partition coefficient (Wildman–Crippen LogP) is 8.79. The van der Waals surface area contributed by atoms with Crippen molar-refractivity contribution in [3.63, 3.8) is 0 Å². The average Bonchev–Trinajstić information content (AvgIpc) is 2.78. The van der Waals surface area contributed by atoms with Crippen LogP contribution >= 0.6 is 0 Å². The molecule has 2 fully saturated rings. The van der Waals surface area contributed by atoms with Crippen molar-refractivity contribution in [3.8, 4) is 5.75 Å². The third kappa shape index (κ3) is 5.07. The summed E-state index contributed by atoms with van der Waals surface area (Å²) in [7, 11) is 1.31. The fourth-order valence-electron chi connectivity index (χ4n) is 6.36. The average molecular weight is 429 g/mol. The van der Waals surface area contributed by atoms with Crippen LogP contribution in [-0.2, 0) is 0 Å². The summed E-state index contributed by atoms with van der Waals surface area (Å²) in [5, 5.41) is 1.08. The standard InChI is InChI=1S/C28H38F2O/c1-3-4-5-6-7-8-19-9-10-21-16-22(12-11-20(21)15-19)23-13-14-25-24(17-23)18-26(29)28(31-2)27(25)30/h13-14,17-22H,3-12,15-16H2,1-2H3/t19?,20-,21?,22-/m1/s1. The fraction of sp³-hybridized carbons (Fsp3) is 0.643. The van der Waals surface area contributed by atoms with Crippen LogP contribution in [0, 0.1) is 29.4 Å². The van der Waals surface area contributed by atoms with Crippen LogP contribution in [0.4, 0.5) is 8.78 Å². The molecule has 3 heteroatoms. The molecule has 0 aromatic heterocycles. The molecule has 170 valence electrons. The van der Waals surface area contributed by atoms with Crippen molar-refractivity contribution >= 4 is 10.8 Å². The van der Waals surface area contributed by atoms with E-state index in [1.807, 2.05) is 12.1 Å². The van der Waals surface area contributed by atoms with E-state index in [9.17, 15) is 8.78 Å². The summed E-state index contributed by atoms with van der Waals surface area (Å²) in [5.74, 6) is 1.68. The number of methoxy groups -OCH3 is 1. The molecule has 2 aliphatic carbocycles. The van der Waals surface area contributed by atoms with E-state index in [1.54, 1.807) is 0 Å². The van der Waals surface area contributed by atoms with Gasteiger partial charge in [0, 0.05) is 5.39 Å². The van der Waals surface area contributed by atoms with Gasteiger partial charge in [-0.25, -0.2) is 8.78 Å². The molecule has 0 aliphatic heterocycles. The largest absolute Gasteiger partial charge is 0.491 e. The second-order valence-electron chi connectivity index (χ2n) is 10.1. The highest BCUT2D eigenvalue weighted by atomic mass is 19.1. The van der Waals surface area contributed by atoms with Gasteiger partial charge in [-0.15, -0.1) is 0 Å². The summed E-state index contributed by atoms with van der Waals surface area (Å²) in [5.41, 5.74) is 1.24. The maximum absolute atomic E-state index is 14.5. The van der Waals surface area contributed by atoms with Crippen molar-refractivity contribution in [1.29, 1.82) is 0 Å². The number of rotatable bonds is 8. The minimum Gasteiger partial charge on any atom is -0.491 e. The highest BCUT2D eigenvalue weighted by Gasteiger charge is 2.35. The van der Waals surface area contributed by atoms with Gasteiger partial charge in [0.25, 0.3) is 0 Å². The molecule has 0 amide bonds. The summed E-state index contributed by atoms with van der Waals surface area (Å²) in [6.07, 6.45) is 16.3. The molecular weight excluding hydrogens is 390 g/mol. The number of benzene rings is 2. The van der Waals surface area contributed by atoms with E-state index in [2.05, 4.69) is 13.0 Å². The molecular formula is C28H38F2O. The lowest BCUT2D eigenvalue weighted by Gasteiger charge is -2.42. The Bertz CT molecular complexity index is 877. The second kappa shape index (κ2) is 10.3. The van der Waals surface area contributed by atoms with Gasteiger partial charge in [-0.05, 0) is 72.8 Å². The molecule has 2 aromatic carbocycles. The van der Waals surface area contributed by atoms with Crippen molar-refractivity contribution in [3.05, 3.63) is 41.5 Å². The Balaban J connectivity index is 1.37. The first-order chi connectivity index (χ1) is 15.1.